The Kier molecular flexibility index (Phi) is 6.77. The fraction of sp³-hybridized carbons (Fsp3) is 0.417. The number of rotatable bonds is 7. The van der Waals surface area contributed by atoms with Crippen LogP contribution in [0.15, 0.2) is 36.4 Å². The molecule has 0 saturated carbocycles. The highest BCUT2D eigenvalue weighted by atomic mass is 16.7. The van der Waals surface area contributed by atoms with Crippen LogP contribution in [0.5, 0.6) is 23.0 Å². The Morgan fingerprint density at radius 3 is 2.40 bits per heavy atom. The van der Waals surface area contributed by atoms with E-state index in [-0.39, 0.29) is 44.7 Å². The van der Waals surface area contributed by atoms with Crippen LogP contribution in [-0.4, -0.2) is 55.5 Å². The highest BCUT2D eigenvalue weighted by Gasteiger charge is 2.33. The molecule has 0 radical (unpaired) electrons. The third-order valence-electron chi connectivity index (χ3n) is 6.08. The number of carbonyl (C=O) groups excluding carboxylic acids is 2. The van der Waals surface area contributed by atoms with Crippen LogP contribution in [0.4, 0.5) is 10.5 Å². The smallest absolute Gasteiger partial charge is 0.319 e. The summed E-state index contributed by atoms with van der Waals surface area (Å²) in [6.07, 6.45) is 0.344. The Balaban J connectivity index is 1.07. The van der Waals surface area contributed by atoms with Crippen molar-refractivity contribution in [3.8, 4) is 23.0 Å². The maximum atomic E-state index is 12.5. The Labute approximate surface area is 201 Å². The second-order valence-electron chi connectivity index (χ2n) is 8.50. The lowest BCUT2D eigenvalue weighted by Gasteiger charge is -2.35. The monoisotopic (exact) mass is 485 g/mol. The van der Waals surface area contributed by atoms with Gasteiger partial charge >= 0.3 is 6.03 Å². The summed E-state index contributed by atoms with van der Waals surface area (Å²) in [7, 11) is 0. The van der Waals surface area contributed by atoms with Crippen molar-refractivity contribution in [1.29, 1.82) is 0 Å². The largest absolute Gasteiger partial charge is 0.454 e. The number of amides is 3. The number of aliphatic hydroxyl groups is 1. The molecule has 4 N–H and O–H groups in total. The fourth-order valence-corrected chi connectivity index (χ4v) is 4.29. The van der Waals surface area contributed by atoms with Crippen LogP contribution in [0.2, 0.25) is 0 Å². The van der Waals surface area contributed by atoms with E-state index in [9.17, 15) is 14.7 Å². The molecule has 2 aromatic carbocycles. The number of aliphatic hydroxyl groups excluding tert-OH is 1. The molecule has 1 saturated heterocycles. The molecule has 0 unspecified atom stereocenters. The standard InChI is InChI=1S/C24H27N3O8/c28-11-22-17(27-24(30)26-15-2-6-19-21(8-15)34-13-32-19)4-3-16(35-22)9-23(29)25-10-14-1-5-18-20(7-14)33-12-31-18/h1-2,5-8,16-17,22,28H,3-4,9-13H2,(H,25,29)(H2,26,27,30)/t16-,17-,22-/m1/s1. The van der Waals surface area contributed by atoms with Gasteiger partial charge in [-0.2, -0.15) is 0 Å². The van der Waals surface area contributed by atoms with Gasteiger partial charge in [0, 0.05) is 18.3 Å². The summed E-state index contributed by atoms with van der Waals surface area (Å²) in [5.74, 6) is 2.40. The molecule has 3 amide bonds. The lowest BCUT2D eigenvalue weighted by Crippen LogP contribution is -2.52. The van der Waals surface area contributed by atoms with Gasteiger partial charge in [-0.15, -0.1) is 0 Å². The number of urea groups is 1. The van der Waals surface area contributed by atoms with Crippen molar-refractivity contribution in [3.05, 3.63) is 42.0 Å². The van der Waals surface area contributed by atoms with Crippen molar-refractivity contribution in [3.63, 3.8) is 0 Å². The molecule has 0 spiro atoms. The molecule has 0 aliphatic carbocycles. The molecule has 35 heavy (non-hydrogen) atoms. The number of fused-ring (bicyclic) bond motifs is 2. The van der Waals surface area contributed by atoms with Crippen LogP contribution in [0, 0.1) is 0 Å². The van der Waals surface area contributed by atoms with Crippen molar-refractivity contribution in [2.24, 2.45) is 0 Å². The van der Waals surface area contributed by atoms with Gasteiger partial charge in [-0.3, -0.25) is 4.79 Å². The van der Waals surface area contributed by atoms with Crippen LogP contribution in [0.25, 0.3) is 0 Å². The van der Waals surface area contributed by atoms with Crippen LogP contribution >= 0.6 is 0 Å². The minimum atomic E-state index is -0.613. The first-order chi connectivity index (χ1) is 17.1. The third-order valence-corrected chi connectivity index (χ3v) is 6.08. The number of hydrogen-bond donors (Lipinski definition) is 4. The first-order valence-corrected chi connectivity index (χ1v) is 11.5. The summed E-state index contributed by atoms with van der Waals surface area (Å²) < 4.78 is 27.1. The van der Waals surface area contributed by atoms with Gasteiger partial charge in [-0.05, 0) is 42.7 Å². The summed E-state index contributed by atoms with van der Waals surface area (Å²) in [4.78, 5) is 24.9. The van der Waals surface area contributed by atoms with E-state index in [4.69, 9.17) is 23.7 Å². The Morgan fingerprint density at radius 2 is 1.63 bits per heavy atom. The minimum absolute atomic E-state index is 0.153. The summed E-state index contributed by atoms with van der Waals surface area (Å²) in [6, 6.07) is 9.84. The zero-order valence-electron chi connectivity index (χ0n) is 19.0. The zero-order valence-corrected chi connectivity index (χ0v) is 19.0. The van der Waals surface area contributed by atoms with E-state index in [1.165, 1.54) is 0 Å². The van der Waals surface area contributed by atoms with Crippen LogP contribution in [-0.2, 0) is 16.1 Å². The van der Waals surface area contributed by atoms with Gasteiger partial charge in [-0.1, -0.05) is 6.07 Å². The lowest BCUT2D eigenvalue weighted by atomic mass is 9.97. The predicted molar refractivity (Wildman–Crippen MR) is 123 cm³/mol. The Hall–Kier alpha value is -3.70. The van der Waals surface area contributed by atoms with Crippen LogP contribution in [0.3, 0.4) is 0 Å². The molecule has 3 heterocycles. The number of nitrogens with one attached hydrogen (secondary N) is 3. The van der Waals surface area contributed by atoms with E-state index in [0.29, 0.717) is 48.1 Å². The highest BCUT2D eigenvalue weighted by Crippen LogP contribution is 2.34. The number of ether oxygens (including phenoxy) is 5. The van der Waals surface area contributed by atoms with Crippen LogP contribution in [0.1, 0.15) is 24.8 Å². The van der Waals surface area contributed by atoms with Gasteiger partial charge in [0.05, 0.1) is 25.2 Å². The molecule has 5 rings (SSSR count). The first kappa shape index (κ1) is 23.1. The van der Waals surface area contributed by atoms with Gasteiger partial charge in [0.25, 0.3) is 0 Å². The van der Waals surface area contributed by atoms with E-state index in [0.717, 1.165) is 5.56 Å². The van der Waals surface area contributed by atoms with Crippen LogP contribution < -0.4 is 34.9 Å². The lowest BCUT2D eigenvalue weighted by molar-refractivity contribution is -0.130. The molecule has 11 heteroatoms. The van der Waals surface area contributed by atoms with E-state index < -0.39 is 12.1 Å². The average molecular weight is 485 g/mol. The second kappa shape index (κ2) is 10.3. The average Bonchev–Trinajstić information content (AvgIpc) is 3.52. The molecule has 186 valence electrons. The van der Waals surface area contributed by atoms with Crippen molar-refractivity contribution < 1.29 is 38.4 Å². The molecule has 0 aromatic heterocycles. The van der Waals surface area contributed by atoms with Crippen molar-refractivity contribution in [2.75, 3.05) is 25.5 Å². The summed E-state index contributed by atoms with van der Waals surface area (Å²) in [5.41, 5.74) is 1.46. The maximum absolute atomic E-state index is 12.5. The molecule has 0 bridgehead atoms. The number of anilines is 1. The predicted octanol–water partition coefficient (Wildman–Crippen LogP) is 1.88. The zero-order chi connectivity index (χ0) is 24.2. The van der Waals surface area contributed by atoms with Gasteiger partial charge in [0.15, 0.2) is 23.0 Å². The second-order valence-corrected chi connectivity index (χ2v) is 8.50. The molecule has 11 nitrogen and oxygen atoms in total. The molecule has 2 aromatic rings. The van der Waals surface area contributed by atoms with Gasteiger partial charge < -0.3 is 44.7 Å². The fourth-order valence-electron chi connectivity index (χ4n) is 4.29. The third kappa shape index (κ3) is 5.52. The quantitative estimate of drug-likeness (QED) is 0.467. The molecular weight excluding hydrogens is 458 g/mol. The number of hydrogen-bond acceptors (Lipinski definition) is 8. The first-order valence-electron chi connectivity index (χ1n) is 11.5. The topological polar surface area (TPSA) is 137 Å². The molecule has 1 fully saturated rings. The molecular formula is C24H27N3O8. The number of benzene rings is 2. The normalized spacial score (nSPS) is 21.9. The molecule has 3 aliphatic rings. The van der Waals surface area contributed by atoms with Gasteiger partial charge in [-0.25, -0.2) is 4.79 Å². The minimum Gasteiger partial charge on any atom is -0.454 e. The summed E-state index contributed by atoms with van der Waals surface area (Å²) in [6.45, 7) is 0.437. The number of carbonyl (C=O) groups is 2. The Bertz CT molecular complexity index is 1090. The summed E-state index contributed by atoms with van der Waals surface area (Å²) in [5, 5.41) is 18.3. The highest BCUT2D eigenvalue weighted by molar-refractivity contribution is 5.90. The molecule has 3 atom stereocenters. The van der Waals surface area contributed by atoms with Crippen molar-refractivity contribution in [2.45, 2.75) is 44.1 Å². The van der Waals surface area contributed by atoms with Gasteiger partial charge in [0.2, 0.25) is 19.5 Å². The van der Waals surface area contributed by atoms with Gasteiger partial charge in [0.1, 0.15) is 6.10 Å². The SMILES string of the molecule is O=C(C[C@H]1CC[C@@H](NC(=O)Nc2ccc3c(c2)OCO3)[C@@H](CO)O1)NCc1ccc2c(c1)OCO2. The molecule has 3 aliphatic heterocycles. The van der Waals surface area contributed by atoms with E-state index in [2.05, 4.69) is 16.0 Å². The van der Waals surface area contributed by atoms with E-state index in [1.54, 1.807) is 18.2 Å². The maximum Gasteiger partial charge on any atom is 0.319 e. The van der Waals surface area contributed by atoms with E-state index >= 15 is 0 Å². The van der Waals surface area contributed by atoms with E-state index in [1.807, 2.05) is 18.2 Å². The Morgan fingerprint density at radius 1 is 0.914 bits per heavy atom. The summed E-state index contributed by atoms with van der Waals surface area (Å²) >= 11 is 0. The van der Waals surface area contributed by atoms with Crippen molar-refractivity contribution >= 4 is 17.6 Å². The van der Waals surface area contributed by atoms with Crippen molar-refractivity contribution in [1.82, 2.24) is 10.6 Å².